The monoisotopic (exact) mass is 293 g/mol. The van der Waals surface area contributed by atoms with Crippen molar-refractivity contribution in [2.24, 2.45) is 5.84 Å². The van der Waals surface area contributed by atoms with Crippen LogP contribution in [-0.2, 0) is 6.61 Å². The molecule has 2 aromatic carbocycles. The van der Waals surface area contributed by atoms with E-state index in [4.69, 9.17) is 22.2 Å². The summed E-state index contributed by atoms with van der Waals surface area (Å²) in [5, 5.41) is 11.4. The summed E-state index contributed by atoms with van der Waals surface area (Å²) in [6.07, 6.45) is 0. The first-order valence-electron chi connectivity index (χ1n) is 5.72. The average Bonchev–Trinajstić information content (AvgIpc) is 2.45. The zero-order valence-corrected chi connectivity index (χ0v) is 11.1. The normalized spacial score (nSPS) is 10.1. The Balaban J connectivity index is 2.16. The van der Waals surface area contributed by atoms with Crippen LogP contribution in [0.2, 0.25) is 5.02 Å². The van der Waals surface area contributed by atoms with Crippen LogP contribution in [0.25, 0.3) is 0 Å². The molecule has 6 nitrogen and oxygen atoms in total. The molecule has 2 rings (SSSR count). The predicted octanol–water partition coefficient (Wildman–Crippen LogP) is 3.11. The molecule has 20 heavy (non-hydrogen) atoms. The second-order valence-electron chi connectivity index (χ2n) is 4.04. The highest BCUT2D eigenvalue weighted by Gasteiger charge is 2.10. The van der Waals surface area contributed by atoms with Gasteiger partial charge in [-0.1, -0.05) is 23.7 Å². The van der Waals surface area contributed by atoms with Gasteiger partial charge in [0.25, 0.3) is 5.69 Å². The highest BCUT2D eigenvalue weighted by Crippen LogP contribution is 2.26. The first-order valence-corrected chi connectivity index (χ1v) is 6.09. The summed E-state index contributed by atoms with van der Waals surface area (Å²) in [6, 6.07) is 11.4. The largest absolute Gasteiger partial charge is 0.489 e. The highest BCUT2D eigenvalue weighted by atomic mass is 35.5. The van der Waals surface area contributed by atoms with E-state index in [1.165, 1.54) is 12.1 Å². The Bertz CT molecular complexity index is 634. The van der Waals surface area contributed by atoms with Crippen LogP contribution in [0.3, 0.4) is 0 Å². The van der Waals surface area contributed by atoms with E-state index in [-0.39, 0.29) is 12.3 Å². The van der Waals surface area contributed by atoms with E-state index in [1.54, 1.807) is 24.3 Å². The number of rotatable bonds is 5. The van der Waals surface area contributed by atoms with Gasteiger partial charge in [0, 0.05) is 17.2 Å². The number of benzene rings is 2. The minimum Gasteiger partial charge on any atom is -0.489 e. The Morgan fingerprint density at radius 1 is 1.30 bits per heavy atom. The number of nitrogens with one attached hydrogen (secondary N) is 1. The van der Waals surface area contributed by atoms with Gasteiger partial charge in [-0.3, -0.25) is 16.0 Å². The molecule has 0 saturated heterocycles. The van der Waals surface area contributed by atoms with Gasteiger partial charge in [-0.25, -0.2) is 0 Å². The summed E-state index contributed by atoms with van der Waals surface area (Å²) >= 11 is 5.87. The minimum absolute atomic E-state index is 0.0958. The Labute approximate surface area is 120 Å². The van der Waals surface area contributed by atoms with E-state index < -0.39 is 4.92 Å². The van der Waals surface area contributed by atoms with Crippen molar-refractivity contribution in [1.29, 1.82) is 0 Å². The Morgan fingerprint density at radius 2 is 2.10 bits per heavy atom. The van der Waals surface area contributed by atoms with Gasteiger partial charge in [-0.15, -0.1) is 0 Å². The highest BCUT2D eigenvalue weighted by molar-refractivity contribution is 6.30. The van der Waals surface area contributed by atoms with Gasteiger partial charge in [-0.05, 0) is 17.7 Å². The fourth-order valence-electron chi connectivity index (χ4n) is 1.65. The molecule has 7 heteroatoms. The average molecular weight is 294 g/mol. The number of nitrogen functional groups attached to an aromatic ring is 1. The number of hydrogen-bond acceptors (Lipinski definition) is 5. The molecule has 0 bridgehead atoms. The molecule has 0 spiro atoms. The van der Waals surface area contributed by atoms with Crippen LogP contribution in [0.4, 0.5) is 11.4 Å². The summed E-state index contributed by atoms with van der Waals surface area (Å²) < 4.78 is 5.52. The zero-order chi connectivity index (χ0) is 14.5. The summed E-state index contributed by atoms with van der Waals surface area (Å²) in [6.45, 7) is 0.256. The second kappa shape index (κ2) is 6.23. The van der Waals surface area contributed by atoms with Gasteiger partial charge in [0.2, 0.25) is 0 Å². The van der Waals surface area contributed by atoms with E-state index >= 15 is 0 Å². The van der Waals surface area contributed by atoms with Crippen molar-refractivity contribution in [3.05, 3.63) is 63.2 Å². The lowest BCUT2D eigenvalue weighted by molar-refractivity contribution is -0.384. The molecule has 0 radical (unpaired) electrons. The predicted molar refractivity (Wildman–Crippen MR) is 76.7 cm³/mol. The van der Waals surface area contributed by atoms with Crippen LogP contribution in [0.5, 0.6) is 5.75 Å². The maximum absolute atomic E-state index is 10.8. The van der Waals surface area contributed by atoms with Crippen molar-refractivity contribution in [3.8, 4) is 5.75 Å². The van der Waals surface area contributed by atoms with E-state index in [9.17, 15) is 10.1 Å². The lowest BCUT2D eigenvalue weighted by atomic mass is 10.2. The number of non-ortho nitro benzene ring substituents is 1. The van der Waals surface area contributed by atoms with Gasteiger partial charge in [0.1, 0.15) is 12.4 Å². The third-order valence-electron chi connectivity index (χ3n) is 2.56. The van der Waals surface area contributed by atoms with Crippen LogP contribution in [0.1, 0.15) is 5.56 Å². The number of nitro benzene ring substituents is 1. The van der Waals surface area contributed by atoms with Crippen molar-refractivity contribution in [2.45, 2.75) is 6.61 Å². The zero-order valence-electron chi connectivity index (χ0n) is 10.4. The Hall–Kier alpha value is -2.31. The van der Waals surface area contributed by atoms with Gasteiger partial charge in [-0.2, -0.15) is 0 Å². The molecule has 0 heterocycles. The van der Waals surface area contributed by atoms with Crippen LogP contribution in [0.15, 0.2) is 42.5 Å². The number of ether oxygens (including phenoxy) is 1. The van der Waals surface area contributed by atoms with Gasteiger partial charge in [0.15, 0.2) is 0 Å². The molecular formula is C13H12ClN3O3. The van der Waals surface area contributed by atoms with Gasteiger partial charge >= 0.3 is 0 Å². The Morgan fingerprint density at radius 3 is 2.75 bits per heavy atom. The van der Waals surface area contributed by atoms with Crippen molar-refractivity contribution in [2.75, 3.05) is 5.43 Å². The SMILES string of the molecule is NNc1cc(OCc2cccc(Cl)c2)cc([N+](=O)[O-])c1. The maximum Gasteiger partial charge on any atom is 0.275 e. The minimum atomic E-state index is -0.507. The van der Waals surface area contributed by atoms with E-state index in [0.29, 0.717) is 16.5 Å². The van der Waals surface area contributed by atoms with Crippen LogP contribution in [0, 0.1) is 10.1 Å². The lowest BCUT2D eigenvalue weighted by Crippen LogP contribution is -2.07. The number of hydrazine groups is 1. The number of anilines is 1. The summed E-state index contributed by atoms with van der Waals surface area (Å²) in [5.74, 6) is 5.62. The molecule has 0 aliphatic carbocycles. The quantitative estimate of drug-likeness (QED) is 0.502. The third-order valence-corrected chi connectivity index (χ3v) is 2.80. The molecule has 0 aromatic heterocycles. The molecule has 0 aliphatic rings. The fourth-order valence-corrected chi connectivity index (χ4v) is 1.86. The number of hydrogen-bond donors (Lipinski definition) is 2. The van der Waals surface area contributed by atoms with Crippen LogP contribution in [-0.4, -0.2) is 4.92 Å². The number of nitrogens with two attached hydrogens (primary N) is 1. The van der Waals surface area contributed by atoms with E-state index in [2.05, 4.69) is 5.43 Å². The van der Waals surface area contributed by atoms with Crippen molar-refractivity contribution < 1.29 is 9.66 Å². The summed E-state index contributed by atoms with van der Waals surface area (Å²) in [5.41, 5.74) is 3.54. The van der Waals surface area contributed by atoms with Crippen LogP contribution >= 0.6 is 11.6 Å². The van der Waals surface area contributed by atoms with Crippen molar-refractivity contribution >= 4 is 23.0 Å². The fraction of sp³-hybridized carbons (Fsp3) is 0.0769. The molecular weight excluding hydrogens is 282 g/mol. The first-order chi connectivity index (χ1) is 9.58. The van der Waals surface area contributed by atoms with E-state index in [1.807, 2.05) is 6.07 Å². The molecule has 0 unspecified atom stereocenters. The van der Waals surface area contributed by atoms with E-state index in [0.717, 1.165) is 5.56 Å². The van der Waals surface area contributed by atoms with Gasteiger partial charge < -0.3 is 10.2 Å². The topological polar surface area (TPSA) is 90.4 Å². The third kappa shape index (κ3) is 3.59. The van der Waals surface area contributed by atoms with Gasteiger partial charge in [0.05, 0.1) is 16.7 Å². The summed E-state index contributed by atoms with van der Waals surface area (Å²) in [4.78, 5) is 10.3. The number of halogens is 1. The molecule has 0 aliphatic heterocycles. The number of nitro groups is 1. The molecule has 0 atom stereocenters. The maximum atomic E-state index is 10.8. The standard InChI is InChI=1S/C13H12ClN3O3/c14-10-3-1-2-9(4-10)8-20-13-6-11(16-15)5-12(7-13)17(18)19/h1-7,16H,8,15H2. The molecule has 0 amide bonds. The molecule has 104 valence electrons. The Kier molecular flexibility index (Phi) is 4.39. The van der Waals surface area contributed by atoms with Crippen LogP contribution < -0.4 is 16.0 Å². The molecule has 3 N–H and O–H groups in total. The molecule has 0 fully saturated rings. The summed E-state index contributed by atoms with van der Waals surface area (Å²) in [7, 11) is 0. The molecule has 2 aromatic rings. The number of nitrogens with zero attached hydrogens (tertiary/aromatic N) is 1. The van der Waals surface area contributed by atoms with Crippen molar-refractivity contribution in [3.63, 3.8) is 0 Å². The van der Waals surface area contributed by atoms with Crippen molar-refractivity contribution in [1.82, 2.24) is 0 Å². The first kappa shape index (κ1) is 14.1. The lowest BCUT2D eigenvalue weighted by Gasteiger charge is -2.08. The smallest absolute Gasteiger partial charge is 0.275 e. The molecule has 0 saturated carbocycles. The second-order valence-corrected chi connectivity index (χ2v) is 4.47.